The van der Waals surface area contributed by atoms with Crippen LogP contribution in [0.15, 0.2) is 29.4 Å². The van der Waals surface area contributed by atoms with Gasteiger partial charge in [-0.2, -0.15) is 0 Å². The van der Waals surface area contributed by atoms with Crippen LogP contribution in [-0.2, 0) is 9.53 Å². The van der Waals surface area contributed by atoms with E-state index in [9.17, 15) is 4.79 Å². The van der Waals surface area contributed by atoms with Crippen LogP contribution in [-0.4, -0.2) is 46.8 Å². The minimum absolute atomic E-state index is 0.0639. The molecule has 0 fully saturated rings. The average Bonchev–Trinajstić information content (AvgIpc) is 2.91. The van der Waals surface area contributed by atoms with Gasteiger partial charge < -0.3 is 15.9 Å². The lowest BCUT2D eigenvalue weighted by Crippen LogP contribution is -2.27. The first-order valence-electron chi connectivity index (χ1n) is 7.27. The zero-order chi connectivity index (χ0) is 16.7. The van der Waals surface area contributed by atoms with E-state index < -0.39 is 0 Å². The number of hydrogen-bond acceptors (Lipinski definition) is 6. The van der Waals surface area contributed by atoms with Crippen molar-refractivity contribution in [1.29, 1.82) is 0 Å². The van der Waals surface area contributed by atoms with Gasteiger partial charge in [0.1, 0.15) is 0 Å². The number of nitrogens with two attached hydrogens (primary N) is 1. The summed E-state index contributed by atoms with van der Waals surface area (Å²) in [6, 6.07) is 7.87. The van der Waals surface area contributed by atoms with Gasteiger partial charge >= 0.3 is 0 Å². The van der Waals surface area contributed by atoms with Gasteiger partial charge in [-0.05, 0) is 13.3 Å². The van der Waals surface area contributed by atoms with Crippen LogP contribution >= 0.6 is 11.8 Å². The number of nitrogen functional groups attached to an aromatic ring is 1. The van der Waals surface area contributed by atoms with Crippen LogP contribution < -0.4 is 11.2 Å². The summed E-state index contributed by atoms with van der Waals surface area (Å²) in [4.78, 5) is 11.7. The normalized spacial score (nSPS) is 10.7. The molecular formula is C15H21N5O2S. The van der Waals surface area contributed by atoms with Gasteiger partial charge in [-0.3, -0.25) is 4.79 Å². The number of nitrogens with zero attached hydrogens (tertiary/aromatic N) is 3. The molecule has 2 rings (SSSR count). The van der Waals surface area contributed by atoms with Gasteiger partial charge in [0.05, 0.1) is 5.75 Å². The van der Waals surface area contributed by atoms with Gasteiger partial charge in [-0.1, -0.05) is 41.6 Å². The van der Waals surface area contributed by atoms with Gasteiger partial charge in [0, 0.05) is 25.8 Å². The van der Waals surface area contributed by atoms with Crippen molar-refractivity contribution >= 4 is 17.7 Å². The number of aryl methyl sites for hydroxylation is 1. The van der Waals surface area contributed by atoms with E-state index in [0.29, 0.717) is 24.1 Å². The van der Waals surface area contributed by atoms with Crippen LogP contribution in [0, 0.1) is 6.92 Å². The first-order valence-corrected chi connectivity index (χ1v) is 8.26. The van der Waals surface area contributed by atoms with Crippen LogP contribution in [0.2, 0.25) is 0 Å². The third-order valence-corrected chi connectivity index (χ3v) is 4.10. The molecule has 0 aliphatic heterocycles. The first-order chi connectivity index (χ1) is 11.1. The molecule has 0 spiro atoms. The Bertz CT molecular complexity index is 642. The van der Waals surface area contributed by atoms with Gasteiger partial charge in [0.15, 0.2) is 5.82 Å². The Kier molecular flexibility index (Phi) is 6.42. The van der Waals surface area contributed by atoms with E-state index in [1.807, 2.05) is 31.2 Å². The third kappa shape index (κ3) is 4.97. The third-order valence-electron chi connectivity index (χ3n) is 3.15. The van der Waals surface area contributed by atoms with Crippen LogP contribution in [0.5, 0.6) is 0 Å². The van der Waals surface area contributed by atoms with Crippen molar-refractivity contribution in [1.82, 2.24) is 20.2 Å². The Morgan fingerprint density at radius 3 is 2.78 bits per heavy atom. The number of ether oxygens (including phenoxy) is 1. The lowest BCUT2D eigenvalue weighted by atomic mass is 10.1. The number of aromatic nitrogens is 3. The fourth-order valence-corrected chi connectivity index (χ4v) is 2.59. The predicted molar refractivity (Wildman–Crippen MR) is 90.6 cm³/mol. The molecule has 3 N–H and O–H groups in total. The van der Waals surface area contributed by atoms with Crippen molar-refractivity contribution in [3.8, 4) is 11.4 Å². The topological polar surface area (TPSA) is 95.1 Å². The highest BCUT2D eigenvalue weighted by atomic mass is 32.2. The maximum Gasteiger partial charge on any atom is 0.230 e. The Balaban J connectivity index is 1.89. The summed E-state index contributed by atoms with van der Waals surface area (Å²) in [5.41, 5.74) is 2.05. The SMILES string of the molecule is COCCCNC(=O)CSc1nnc(-c2ccc(C)cc2)n1N. The molecule has 0 saturated heterocycles. The second kappa shape index (κ2) is 8.54. The van der Waals surface area contributed by atoms with E-state index in [1.54, 1.807) is 7.11 Å². The number of thioether (sulfide) groups is 1. The monoisotopic (exact) mass is 335 g/mol. The van der Waals surface area contributed by atoms with Gasteiger partial charge in [-0.25, -0.2) is 4.68 Å². The van der Waals surface area contributed by atoms with Crippen LogP contribution in [0.3, 0.4) is 0 Å². The van der Waals surface area contributed by atoms with Crippen molar-refractivity contribution < 1.29 is 9.53 Å². The standard InChI is InChI=1S/C15H21N5O2S/c1-11-4-6-12(7-5-11)14-18-19-15(20(14)16)23-10-13(21)17-8-3-9-22-2/h4-7H,3,8-10,16H2,1-2H3,(H,17,21). The Morgan fingerprint density at radius 1 is 1.35 bits per heavy atom. The predicted octanol–water partition coefficient (Wildman–Crippen LogP) is 1.21. The number of methoxy groups -OCH3 is 1. The van der Waals surface area contributed by atoms with Gasteiger partial charge in [0.25, 0.3) is 0 Å². The highest BCUT2D eigenvalue weighted by Gasteiger charge is 2.13. The molecule has 1 aromatic heterocycles. The average molecular weight is 335 g/mol. The maximum atomic E-state index is 11.7. The molecule has 0 atom stereocenters. The zero-order valence-corrected chi connectivity index (χ0v) is 14.1. The van der Waals surface area contributed by atoms with E-state index in [1.165, 1.54) is 16.4 Å². The molecule has 0 aliphatic rings. The molecule has 23 heavy (non-hydrogen) atoms. The lowest BCUT2D eigenvalue weighted by molar-refractivity contribution is -0.118. The molecule has 2 aromatic rings. The molecular weight excluding hydrogens is 314 g/mol. The summed E-state index contributed by atoms with van der Waals surface area (Å²) in [6.07, 6.45) is 0.789. The smallest absolute Gasteiger partial charge is 0.230 e. The molecule has 0 saturated carbocycles. The van der Waals surface area contributed by atoms with Crippen molar-refractivity contribution in [3.05, 3.63) is 29.8 Å². The molecule has 1 aromatic carbocycles. The van der Waals surface area contributed by atoms with E-state index in [2.05, 4.69) is 15.5 Å². The largest absolute Gasteiger partial charge is 0.385 e. The number of nitrogens with one attached hydrogen (secondary N) is 1. The van der Waals surface area contributed by atoms with Crippen molar-refractivity contribution in [2.24, 2.45) is 0 Å². The minimum atomic E-state index is -0.0639. The number of amides is 1. The van der Waals surface area contributed by atoms with Crippen molar-refractivity contribution in [2.75, 3.05) is 31.9 Å². The molecule has 0 unspecified atom stereocenters. The molecule has 0 bridgehead atoms. The number of rotatable bonds is 8. The highest BCUT2D eigenvalue weighted by molar-refractivity contribution is 7.99. The Labute approximate surface area is 139 Å². The molecule has 124 valence electrons. The second-order valence-corrected chi connectivity index (χ2v) is 5.97. The quantitative estimate of drug-likeness (QED) is 0.428. The van der Waals surface area contributed by atoms with E-state index in [4.69, 9.17) is 10.6 Å². The molecule has 8 heteroatoms. The minimum Gasteiger partial charge on any atom is -0.385 e. The number of carbonyl (C=O) groups is 1. The first kappa shape index (κ1) is 17.3. The highest BCUT2D eigenvalue weighted by Crippen LogP contribution is 2.21. The molecule has 0 radical (unpaired) electrons. The van der Waals surface area contributed by atoms with Gasteiger partial charge in [0.2, 0.25) is 11.1 Å². The summed E-state index contributed by atoms with van der Waals surface area (Å²) < 4.78 is 6.34. The summed E-state index contributed by atoms with van der Waals surface area (Å²) >= 11 is 1.26. The summed E-state index contributed by atoms with van der Waals surface area (Å²) in [5.74, 6) is 6.78. The summed E-state index contributed by atoms with van der Waals surface area (Å²) in [5, 5.41) is 11.5. The van der Waals surface area contributed by atoms with E-state index >= 15 is 0 Å². The Morgan fingerprint density at radius 2 is 2.09 bits per heavy atom. The van der Waals surface area contributed by atoms with E-state index in [0.717, 1.165) is 17.5 Å². The zero-order valence-electron chi connectivity index (χ0n) is 13.3. The van der Waals surface area contributed by atoms with Crippen LogP contribution in [0.25, 0.3) is 11.4 Å². The molecule has 1 heterocycles. The lowest BCUT2D eigenvalue weighted by Gasteiger charge is -2.05. The van der Waals surface area contributed by atoms with Crippen LogP contribution in [0.4, 0.5) is 0 Å². The molecule has 7 nitrogen and oxygen atoms in total. The fourth-order valence-electron chi connectivity index (χ4n) is 1.90. The second-order valence-electron chi connectivity index (χ2n) is 5.03. The van der Waals surface area contributed by atoms with E-state index in [-0.39, 0.29) is 11.7 Å². The van der Waals surface area contributed by atoms with Gasteiger partial charge in [-0.15, -0.1) is 10.2 Å². The number of carbonyl (C=O) groups excluding carboxylic acids is 1. The molecule has 1 amide bonds. The Hall–Kier alpha value is -2.06. The van der Waals surface area contributed by atoms with Crippen molar-refractivity contribution in [3.63, 3.8) is 0 Å². The maximum absolute atomic E-state index is 11.7. The number of benzene rings is 1. The summed E-state index contributed by atoms with van der Waals surface area (Å²) in [7, 11) is 1.64. The summed E-state index contributed by atoms with van der Waals surface area (Å²) in [6.45, 7) is 3.24. The van der Waals surface area contributed by atoms with Crippen molar-refractivity contribution in [2.45, 2.75) is 18.5 Å². The number of hydrogen-bond donors (Lipinski definition) is 2. The molecule has 0 aliphatic carbocycles. The fraction of sp³-hybridized carbons (Fsp3) is 0.400. The van der Waals surface area contributed by atoms with Crippen LogP contribution in [0.1, 0.15) is 12.0 Å².